The Bertz CT molecular complexity index is 725. The maximum atomic E-state index is 12.3. The number of hydrogen-bond acceptors (Lipinski definition) is 5. The smallest absolute Gasteiger partial charge is 0.326 e. The summed E-state index contributed by atoms with van der Waals surface area (Å²) in [5.41, 5.74) is 1.95. The number of aromatic nitrogens is 4. The van der Waals surface area contributed by atoms with Gasteiger partial charge in [-0.05, 0) is 25.0 Å². The molecular formula is C15H17N5O3. The topological polar surface area (TPSA) is 101 Å². The number of amides is 1. The van der Waals surface area contributed by atoms with Gasteiger partial charge in [-0.25, -0.2) is 4.79 Å². The van der Waals surface area contributed by atoms with E-state index in [9.17, 15) is 9.59 Å². The maximum Gasteiger partial charge on any atom is 0.326 e. The number of hydrogen-bond donors (Lipinski definition) is 1. The predicted molar refractivity (Wildman–Crippen MR) is 80.4 cm³/mol. The van der Waals surface area contributed by atoms with Crippen molar-refractivity contribution in [2.24, 2.45) is 0 Å². The summed E-state index contributed by atoms with van der Waals surface area (Å²) in [6.07, 6.45) is 1.18. The highest BCUT2D eigenvalue weighted by Gasteiger charge is 2.34. The number of benzene rings is 1. The minimum Gasteiger partial charge on any atom is -0.480 e. The van der Waals surface area contributed by atoms with E-state index >= 15 is 0 Å². The minimum absolute atomic E-state index is 0.108. The number of aryl methyl sites for hydroxylation is 1. The third-order valence-corrected chi connectivity index (χ3v) is 3.90. The molecule has 0 radical (unpaired) electrons. The second-order valence-electron chi connectivity index (χ2n) is 5.59. The van der Waals surface area contributed by atoms with Crippen molar-refractivity contribution in [2.75, 3.05) is 6.54 Å². The normalized spacial score (nSPS) is 17.4. The Kier molecular flexibility index (Phi) is 4.05. The number of carbonyl (C=O) groups excluding carboxylic acids is 1. The summed E-state index contributed by atoms with van der Waals surface area (Å²) >= 11 is 0. The third-order valence-electron chi connectivity index (χ3n) is 3.90. The molecule has 8 heteroatoms. The molecule has 23 heavy (non-hydrogen) atoms. The first-order chi connectivity index (χ1) is 11.0. The molecule has 0 spiro atoms. The van der Waals surface area contributed by atoms with Crippen LogP contribution in [0.1, 0.15) is 18.4 Å². The molecule has 3 rings (SSSR count). The van der Waals surface area contributed by atoms with Crippen molar-refractivity contribution in [3.05, 3.63) is 29.8 Å². The fourth-order valence-corrected chi connectivity index (χ4v) is 2.66. The monoisotopic (exact) mass is 315 g/mol. The van der Waals surface area contributed by atoms with Crippen LogP contribution in [0.3, 0.4) is 0 Å². The standard InChI is InChI=1S/C15H17N5O3/c1-10-4-6-11(7-5-10)14-16-18-20(17-14)9-13(21)19-8-2-3-12(19)15(22)23/h4-7,12H,2-3,8-9H2,1H3,(H,22,23). The number of carboxylic acids is 1. The summed E-state index contributed by atoms with van der Waals surface area (Å²) in [5.74, 6) is -0.834. The maximum absolute atomic E-state index is 12.3. The van der Waals surface area contributed by atoms with E-state index in [-0.39, 0.29) is 12.5 Å². The van der Waals surface area contributed by atoms with E-state index in [0.717, 1.165) is 11.1 Å². The lowest BCUT2D eigenvalue weighted by Gasteiger charge is -2.20. The van der Waals surface area contributed by atoms with E-state index in [0.29, 0.717) is 25.2 Å². The van der Waals surface area contributed by atoms with E-state index < -0.39 is 12.0 Å². The van der Waals surface area contributed by atoms with E-state index in [1.807, 2.05) is 31.2 Å². The predicted octanol–water partition coefficient (Wildman–Crippen LogP) is 0.724. The van der Waals surface area contributed by atoms with Crippen molar-refractivity contribution in [1.29, 1.82) is 0 Å². The van der Waals surface area contributed by atoms with Crippen molar-refractivity contribution >= 4 is 11.9 Å². The lowest BCUT2D eigenvalue weighted by atomic mass is 10.1. The summed E-state index contributed by atoms with van der Waals surface area (Å²) in [4.78, 5) is 26.0. The second kappa shape index (κ2) is 6.15. The lowest BCUT2D eigenvalue weighted by Crippen LogP contribution is -2.42. The molecule has 1 aliphatic rings. The molecule has 0 saturated carbocycles. The van der Waals surface area contributed by atoms with Crippen molar-refractivity contribution in [1.82, 2.24) is 25.1 Å². The van der Waals surface area contributed by atoms with E-state index in [4.69, 9.17) is 5.11 Å². The molecule has 1 aromatic heterocycles. The number of likely N-dealkylation sites (tertiary alicyclic amines) is 1. The summed E-state index contributed by atoms with van der Waals surface area (Å²) in [5, 5.41) is 21.1. The molecule has 1 unspecified atom stereocenters. The Balaban J connectivity index is 1.70. The molecule has 0 bridgehead atoms. The van der Waals surface area contributed by atoms with Crippen LogP contribution in [0.4, 0.5) is 0 Å². The molecule has 2 heterocycles. The zero-order valence-corrected chi connectivity index (χ0v) is 12.7. The van der Waals surface area contributed by atoms with Gasteiger partial charge >= 0.3 is 5.97 Å². The van der Waals surface area contributed by atoms with Gasteiger partial charge in [0, 0.05) is 12.1 Å². The van der Waals surface area contributed by atoms with Crippen molar-refractivity contribution < 1.29 is 14.7 Å². The van der Waals surface area contributed by atoms with Gasteiger partial charge in [0.2, 0.25) is 11.7 Å². The van der Waals surface area contributed by atoms with Crippen LogP contribution in [0.5, 0.6) is 0 Å². The lowest BCUT2D eigenvalue weighted by molar-refractivity contribution is -0.148. The van der Waals surface area contributed by atoms with Crippen LogP contribution in [-0.4, -0.2) is 54.7 Å². The van der Waals surface area contributed by atoms with Crippen LogP contribution in [0, 0.1) is 6.92 Å². The average molecular weight is 315 g/mol. The SMILES string of the molecule is Cc1ccc(-c2nnn(CC(=O)N3CCCC3C(=O)O)n2)cc1. The number of tetrazole rings is 1. The van der Waals surface area contributed by atoms with Crippen molar-refractivity contribution in [3.63, 3.8) is 0 Å². The summed E-state index contributed by atoms with van der Waals surface area (Å²) in [7, 11) is 0. The van der Waals surface area contributed by atoms with Crippen LogP contribution < -0.4 is 0 Å². The number of aliphatic carboxylic acids is 1. The number of carboxylic acid groups (broad SMARTS) is 1. The molecule has 1 fully saturated rings. The highest BCUT2D eigenvalue weighted by Crippen LogP contribution is 2.18. The van der Waals surface area contributed by atoms with Crippen LogP contribution in [0.25, 0.3) is 11.4 Å². The molecule has 1 aliphatic heterocycles. The molecule has 1 saturated heterocycles. The van der Waals surface area contributed by atoms with Gasteiger partial charge < -0.3 is 10.0 Å². The van der Waals surface area contributed by atoms with E-state index in [1.165, 1.54) is 9.70 Å². The highest BCUT2D eigenvalue weighted by atomic mass is 16.4. The molecular weight excluding hydrogens is 298 g/mol. The van der Waals surface area contributed by atoms with Crippen LogP contribution in [0.15, 0.2) is 24.3 Å². The molecule has 2 aromatic rings. The zero-order chi connectivity index (χ0) is 16.4. The van der Waals surface area contributed by atoms with E-state index in [1.54, 1.807) is 0 Å². The first kappa shape index (κ1) is 15.1. The molecule has 1 amide bonds. The van der Waals surface area contributed by atoms with Crippen LogP contribution in [-0.2, 0) is 16.1 Å². The van der Waals surface area contributed by atoms with Crippen molar-refractivity contribution in [3.8, 4) is 11.4 Å². The summed E-state index contributed by atoms with van der Waals surface area (Å²) < 4.78 is 0. The molecule has 8 nitrogen and oxygen atoms in total. The fourth-order valence-electron chi connectivity index (χ4n) is 2.66. The van der Waals surface area contributed by atoms with Gasteiger partial charge in [-0.3, -0.25) is 4.79 Å². The number of nitrogens with zero attached hydrogens (tertiary/aromatic N) is 5. The molecule has 0 aliphatic carbocycles. The van der Waals surface area contributed by atoms with Gasteiger partial charge in [0.25, 0.3) is 0 Å². The van der Waals surface area contributed by atoms with Gasteiger partial charge in [-0.1, -0.05) is 29.8 Å². The van der Waals surface area contributed by atoms with E-state index in [2.05, 4.69) is 15.4 Å². The fraction of sp³-hybridized carbons (Fsp3) is 0.400. The molecule has 1 atom stereocenters. The van der Waals surface area contributed by atoms with Gasteiger partial charge in [-0.15, -0.1) is 10.2 Å². The van der Waals surface area contributed by atoms with Gasteiger partial charge in [0.15, 0.2) is 0 Å². The average Bonchev–Trinajstić information content (AvgIpc) is 3.16. The second-order valence-corrected chi connectivity index (χ2v) is 5.59. The Morgan fingerprint density at radius 1 is 1.30 bits per heavy atom. The van der Waals surface area contributed by atoms with Crippen LogP contribution in [0.2, 0.25) is 0 Å². The Morgan fingerprint density at radius 2 is 2.04 bits per heavy atom. The number of carbonyl (C=O) groups is 2. The minimum atomic E-state index is -0.970. The Hall–Kier alpha value is -2.77. The highest BCUT2D eigenvalue weighted by molar-refractivity contribution is 5.84. The van der Waals surface area contributed by atoms with Gasteiger partial charge in [0.1, 0.15) is 12.6 Å². The Labute approximate surface area is 132 Å². The summed E-state index contributed by atoms with van der Waals surface area (Å²) in [6, 6.07) is 6.92. The van der Waals surface area contributed by atoms with Crippen molar-refractivity contribution in [2.45, 2.75) is 32.4 Å². The third kappa shape index (κ3) is 3.20. The summed E-state index contributed by atoms with van der Waals surface area (Å²) in [6.45, 7) is 2.33. The van der Waals surface area contributed by atoms with Crippen LogP contribution >= 0.6 is 0 Å². The largest absolute Gasteiger partial charge is 0.480 e. The molecule has 1 aromatic carbocycles. The van der Waals surface area contributed by atoms with Gasteiger partial charge in [0.05, 0.1) is 0 Å². The first-order valence-corrected chi connectivity index (χ1v) is 7.42. The quantitative estimate of drug-likeness (QED) is 0.892. The Morgan fingerprint density at radius 3 is 2.74 bits per heavy atom. The zero-order valence-electron chi connectivity index (χ0n) is 12.7. The number of rotatable bonds is 4. The first-order valence-electron chi connectivity index (χ1n) is 7.42. The van der Waals surface area contributed by atoms with Gasteiger partial charge in [-0.2, -0.15) is 4.80 Å². The molecule has 120 valence electrons. The molecule has 1 N–H and O–H groups in total.